The molecule has 154 valence electrons. The van der Waals surface area contributed by atoms with E-state index in [0.29, 0.717) is 33.9 Å². The number of ether oxygens (including phenoxy) is 3. The average Bonchev–Trinajstić information content (AvgIpc) is 2.67. The van der Waals surface area contributed by atoms with Crippen LogP contribution in [0.2, 0.25) is 5.02 Å². The largest absolute Gasteiger partial charge is 0.493 e. The molecule has 1 aliphatic carbocycles. The second-order valence-electron chi connectivity index (χ2n) is 7.12. The molecule has 1 N–H and O–H groups in total. The van der Waals surface area contributed by atoms with Crippen molar-refractivity contribution in [3.8, 4) is 11.5 Å². The molecule has 1 aromatic carbocycles. The molecule has 0 spiro atoms. The Labute approximate surface area is 171 Å². The number of esters is 1. The summed E-state index contributed by atoms with van der Waals surface area (Å²) in [5.74, 6) is 0.999. The van der Waals surface area contributed by atoms with Gasteiger partial charge in [0.1, 0.15) is 0 Å². The van der Waals surface area contributed by atoms with Gasteiger partial charge in [-0.3, -0.25) is 4.79 Å². The van der Waals surface area contributed by atoms with E-state index in [0.717, 1.165) is 12.8 Å². The van der Waals surface area contributed by atoms with Crippen molar-refractivity contribution in [2.45, 2.75) is 39.2 Å². The Kier molecular flexibility index (Phi) is 8.18. The Balaban J connectivity index is 1.86. The summed E-state index contributed by atoms with van der Waals surface area (Å²) in [6.07, 6.45) is 6.04. The first-order chi connectivity index (χ1) is 13.3. The van der Waals surface area contributed by atoms with Crippen LogP contribution in [0.25, 0.3) is 6.08 Å². The topological polar surface area (TPSA) is 73.9 Å². The summed E-state index contributed by atoms with van der Waals surface area (Å²) in [4.78, 5) is 24.0. The van der Waals surface area contributed by atoms with Crippen LogP contribution < -0.4 is 14.8 Å². The second-order valence-corrected chi connectivity index (χ2v) is 7.53. The zero-order valence-electron chi connectivity index (χ0n) is 16.8. The molecule has 3 atom stereocenters. The average molecular weight is 410 g/mol. The molecule has 1 aromatic rings. The number of carbonyl (C=O) groups excluding carboxylic acids is 2. The van der Waals surface area contributed by atoms with Gasteiger partial charge in [0.2, 0.25) is 0 Å². The van der Waals surface area contributed by atoms with Crippen LogP contribution in [0.5, 0.6) is 11.5 Å². The van der Waals surface area contributed by atoms with Crippen LogP contribution >= 0.6 is 11.6 Å². The number of rotatable bonds is 7. The molecule has 0 aromatic heterocycles. The molecule has 0 bridgehead atoms. The van der Waals surface area contributed by atoms with E-state index >= 15 is 0 Å². The predicted octanol–water partition coefficient (Wildman–Crippen LogP) is 3.85. The lowest BCUT2D eigenvalue weighted by molar-refractivity contribution is -0.144. The molecule has 0 saturated heterocycles. The van der Waals surface area contributed by atoms with E-state index in [1.807, 2.05) is 0 Å². The van der Waals surface area contributed by atoms with Crippen molar-refractivity contribution in [1.82, 2.24) is 5.32 Å². The van der Waals surface area contributed by atoms with Gasteiger partial charge >= 0.3 is 5.97 Å². The lowest BCUT2D eigenvalue weighted by atomic mass is 9.78. The van der Waals surface area contributed by atoms with E-state index in [1.54, 1.807) is 18.2 Å². The van der Waals surface area contributed by atoms with Gasteiger partial charge in [-0.05, 0) is 42.0 Å². The molecule has 1 fully saturated rings. The third kappa shape index (κ3) is 5.89. The van der Waals surface area contributed by atoms with Gasteiger partial charge < -0.3 is 19.5 Å². The van der Waals surface area contributed by atoms with Crippen molar-refractivity contribution in [2.75, 3.05) is 20.8 Å². The summed E-state index contributed by atoms with van der Waals surface area (Å²) in [6, 6.07) is 3.47. The zero-order valence-corrected chi connectivity index (χ0v) is 17.5. The van der Waals surface area contributed by atoms with Crippen LogP contribution in [0.3, 0.4) is 0 Å². The Morgan fingerprint density at radius 3 is 2.64 bits per heavy atom. The normalized spacial score (nSPS) is 22.0. The van der Waals surface area contributed by atoms with E-state index in [1.165, 1.54) is 26.7 Å². The van der Waals surface area contributed by atoms with Crippen LogP contribution in [-0.2, 0) is 14.3 Å². The van der Waals surface area contributed by atoms with Crippen molar-refractivity contribution < 1.29 is 23.8 Å². The van der Waals surface area contributed by atoms with Crippen molar-refractivity contribution in [3.63, 3.8) is 0 Å². The maximum atomic E-state index is 12.1. The van der Waals surface area contributed by atoms with E-state index in [9.17, 15) is 9.59 Å². The SMILES string of the molecule is COc1cc(/C=C/C(=O)OCC(=O)N[C@@H]2CCC[C@@H](C)[C@H]2C)cc(Cl)c1OC. The van der Waals surface area contributed by atoms with Gasteiger partial charge in [0, 0.05) is 12.1 Å². The summed E-state index contributed by atoms with van der Waals surface area (Å²) < 4.78 is 15.4. The number of carbonyl (C=O) groups is 2. The number of nitrogens with one attached hydrogen (secondary N) is 1. The Morgan fingerprint density at radius 2 is 1.96 bits per heavy atom. The monoisotopic (exact) mass is 409 g/mol. The van der Waals surface area contributed by atoms with Crippen LogP contribution in [-0.4, -0.2) is 38.7 Å². The van der Waals surface area contributed by atoms with Gasteiger partial charge in [0.25, 0.3) is 5.91 Å². The predicted molar refractivity (Wildman–Crippen MR) is 109 cm³/mol. The van der Waals surface area contributed by atoms with Gasteiger partial charge in [0.05, 0.1) is 19.2 Å². The first-order valence-electron chi connectivity index (χ1n) is 9.41. The molecule has 0 unspecified atom stereocenters. The van der Waals surface area contributed by atoms with Crippen molar-refractivity contribution >= 4 is 29.6 Å². The minimum absolute atomic E-state index is 0.138. The third-order valence-electron chi connectivity index (χ3n) is 5.27. The van der Waals surface area contributed by atoms with E-state index < -0.39 is 5.97 Å². The van der Waals surface area contributed by atoms with Gasteiger partial charge in [-0.15, -0.1) is 0 Å². The first-order valence-corrected chi connectivity index (χ1v) is 9.79. The molecule has 0 aliphatic heterocycles. The molecule has 7 heteroatoms. The van der Waals surface area contributed by atoms with E-state index in [2.05, 4.69) is 19.2 Å². The fourth-order valence-electron chi connectivity index (χ4n) is 3.42. The third-order valence-corrected chi connectivity index (χ3v) is 5.55. The maximum absolute atomic E-state index is 12.1. The molecule has 1 aliphatic rings. The van der Waals surface area contributed by atoms with Crippen LogP contribution in [0.4, 0.5) is 0 Å². The fraction of sp³-hybridized carbons (Fsp3) is 0.524. The molecule has 1 amide bonds. The van der Waals surface area contributed by atoms with Crippen LogP contribution in [0.1, 0.15) is 38.7 Å². The minimum Gasteiger partial charge on any atom is -0.493 e. The number of halogens is 1. The molecule has 6 nitrogen and oxygen atoms in total. The van der Waals surface area contributed by atoms with Crippen molar-refractivity contribution in [2.24, 2.45) is 11.8 Å². The standard InChI is InChI=1S/C21H28ClNO5/c1-13-6-5-7-17(14(13)2)23-19(24)12-28-20(25)9-8-15-10-16(22)21(27-4)18(11-15)26-3/h8-11,13-14,17H,5-7,12H2,1-4H3,(H,23,24)/b9-8+/t13-,14-,17-/m1/s1. The molecule has 0 heterocycles. The Hall–Kier alpha value is -2.21. The van der Waals surface area contributed by atoms with Crippen LogP contribution in [0.15, 0.2) is 18.2 Å². The number of benzene rings is 1. The van der Waals surface area contributed by atoms with Crippen molar-refractivity contribution in [1.29, 1.82) is 0 Å². The fourth-order valence-corrected chi connectivity index (χ4v) is 3.71. The van der Waals surface area contributed by atoms with E-state index in [4.69, 9.17) is 25.8 Å². The molecule has 28 heavy (non-hydrogen) atoms. The summed E-state index contributed by atoms with van der Waals surface area (Å²) in [5.41, 5.74) is 0.647. The van der Waals surface area contributed by atoms with E-state index in [-0.39, 0.29) is 18.6 Å². The number of methoxy groups -OCH3 is 2. The minimum atomic E-state index is -0.605. The number of hydrogen-bond acceptors (Lipinski definition) is 5. The smallest absolute Gasteiger partial charge is 0.331 e. The Morgan fingerprint density at radius 1 is 1.21 bits per heavy atom. The summed E-state index contributed by atoms with van der Waals surface area (Å²) in [5, 5.41) is 3.34. The van der Waals surface area contributed by atoms with Gasteiger partial charge in [-0.2, -0.15) is 0 Å². The number of hydrogen-bond donors (Lipinski definition) is 1. The molecule has 2 rings (SSSR count). The molecular formula is C21H28ClNO5. The van der Waals surface area contributed by atoms with Crippen molar-refractivity contribution in [3.05, 3.63) is 28.8 Å². The second kappa shape index (κ2) is 10.4. The number of amides is 1. The van der Waals surface area contributed by atoms with Gasteiger partial charge in [-0.1, -0.05) is 38.3 Å². The van der Waals surface area contributed by atoms with Crippen LogP contribution in [0, 0.1) is 11.8 Å². The highest BCUT2D eigenvalue weighted by atomic mass is 35.5. The highest BCUT2D eigenvalue weighted by Gasteiger charge is 2.28. The quantitative estimate of drug-likeness (QED) is 0.546. The molecular weight excluding hydrogens is 382 g/mol. The Bertz CT molecular complexity index is 734. The molecule has 1 saturated carbocycles. The lowest BCUT2D eigenvalue weighted by Gasteiger charge is -2.34. The first kappa shape index (κ1) is 22.1. The maximum Gasteiger partial charge on any atom is 0.331 e. The zero-order chi connectivity index (χ0) is 20.7. The molecule has 0 radical (unpaired) electrons. The summed E-state index contributed by atoms with van der Waals surface area (Å²) in [7, 11) is 3.00. The summed E-state index contributed by atoms with van der Waals surface area (Å²) >= 11 is 6.14. The highest BCUT2D eigenvalue weighted by Crippen LogP contribution is 2.36. The summed E-state index contributed by atoms with van der Waals surface area (Å²) in [6.45, 7) is 4.06. The van der Waals surface area contributed by atoms with Gasteiger partial charge in [0.15, 0.2) is 18.1 Å². The highest BCUT2D eigenvalue weighted by molar-refractivity contribution is 6.32. The van der Waals surface area contributed by atoms with Gasteiger partial charge in [-0.25, -0.2) is 4.79 Å². The lowest BCUT2D eigenvalue weighted by Crippen LogP contribution is -2.45.